The first-order chi connectivity index (χ1) is 11.8. The summed E-state index contributed by atoms with van der Waals surface area (Å²) in [6, 6.07) is 9.92. The van der Waals surface area contributed by atoms with Crippen molar-refractivity contribution in [2.45, 2.75) is 20.0 Å². The monoisotopic (exact) mass is 407 g/mol. The van der Waals surface area contributed by atoms with Crippen molar-refractivity contribution in [3.63, 3.8) is 0 Å². The Hall–Kier alpha value is -2.54. The van der Waals surface area contributed by atoms with Crippen LogP contribution in [0.4, 0.5) is 10.1 Å². The van der Waals surface area contributed by atoms with E-state index in [-0.39, 0.29) is 11.3 Å². The Kier molecular flexibility index (Phi) is 6.03. The molecular formula is C18H15BrFNO4. The number of Topliss-reactive ketones (excluding diaryl/α,β-unsaturated/α-hetero) is 1. The van der Waals surface area contributed by atoms with Gasteiger partial charge in [0.1, 0.15) is 5.82 Å². The maximum Gasteiger partial charge on any atom is 0.340 e. The van der Waals surface area contributed by atoms with Crippen molar-refractivity contribution >= 4 is 39.3 Å². The van der Waals surface area contributed by atoms with Crippen LogP contribution in [0.5, 0.6) is 0 Å². The third-order valence-electron chi connectivity index (χ3n) is 3.36. The van der Waals surface area contributed by atoms with Gasteiger partial charge in [-0.05, 0) is 72.2 Å². The molecule has 1 atom stereocenters. The van der Waals surface area contributed by atoms with Crippen molar-refractivity contribution in [3.8, 4) is 0 Å². The summed E-state index contributed by atoms with van der Waals surface area (Å²) in [4.78, 5) is 35.4. The summed E-state index contributed by atoms with van der Waals surface area (Å²) in [5, 5.41) is 2.58. The van der Waals surface area contributed by atoms with Crippen LogP contribution >= 0.6 is 15.9 Å². The second kappa shape index (κ2) is 8.02. The van der Waals surface area contributed by atoms with Crippen LogP contribution in [0.25, 0.3) is 0 Å². The van der Waals surface area contributed by atoms with Gasteiger partial charge in [0, 0.05) is 15.7 Å². The van der Waals surface area contributed by atoms with E-state index in [9.17, 15) is 18.8 Å². The number of halogens is 2. The van der Waals surface area contributed by atoms with Crippen molar-refractivity contribution in [2.24, 2.45) is 0 Å². The van der Waals surface area contributed by atoms with Gasteiger partial charge in [0.15, 0.2) is 11.9 Å². The van der Waals surface area contributed by atoms with Crippen LogP contribution in [-0.4, -0.2) is 23.8 Å². The largest absolute Gasteiger partial charge is 0.449 e. The molecule has 0 saturated heterocycles. The number of esters is 1. The zero-order valence-corrected chi connectivity index (χ0v) is 15.1. The number of benzene rings is 2. The molecule has 5 nitrogen and oxygen atoms in total. The van der Waals surface area contributed by atoms with Gasteiger partial charge in [-0.2, -0.15) is 0 Å². The predicted octanol–water partition coefficient (Wildman–Crippen LogP) is 3.97. The number of carbonyl (C=O) groups excluding carboxylic acids is 3. The van der Waals surface area contributed by atoms with E-state index in [1.807, 2.05) is 0 Å². The molecule has 0 unspecified atom stereocenters. The second-order valence-corrected chi connectivity index (χ2v) is 6.15. The molecule has 2 aromatic carbocycles. The number of hydrogen-bond donors (Lipinski definition) is 1. The first kappa shape index (κ1) is 18.8. The van der Waals surface area contributed by atoms with Crippen molar-refractivity contribution in [3.05, 3.63) is 63.9 Å². The first-order valence-corrected chi connectivity index (χ1v) is 8.15. The zero-order valence-electron chi connectivity index (χ0n) is 13.5. The Bertz CT molecular complexity index is 820. The number of anilines is 1. The predicted molar refractivity (Wildman–Crippen MR) is 94.1 cm³/mol. The molecule has 0 fully saturated rings. The van der Waals surface area contributed by atoms with Crippen LogP contribution in [0, 0.1) is 5.82 Å². The molecule has 0 radical (unpaired) electrons. The Morgan fingerprint density at radius 2 is 1.76 bits per heavy atom. The average Bonchev–Trinajstić information content (AvgIpc) is 2.57. The fourth-order valence-electron chi connectivity index (χ4n) is 1.96. The molecule has 0 bridgehead atoms. The molecule has 0 saturated carbocycles. The summed E-state index contributed by atoms with van der Waals surface area (Å²) in [5.74, 6) is -2.03. The van der Waals surface area contributed by atoms with Crippen LogP contribution in [0.2, 0.25) is 0 Å². The minimum Gasteiger partial charge on any atom is -0.449 e. The van der Waals surface area contributed by atoms with Gasteiger partial charge in [0.2, 0.25) is 0 Å². The lowest BCUT2D eigenvalue weighted by molar-refractivity contribution is -0.123. The SMILES string of the molecule is CC(=O)c1ccc(NC(=O)[C@@H](C)OC(=O)c2cc(F)ccc2Br)cc1. The smallest absolute Gasteiger partial charge is 0.340 e. The van der Waals surface area contributed by atoms with E-state index in [0.717, 1.165) is 6.07 Å². The Morgan fingerprint density at radius 3 is 2.36 bits per heavy atom. The fraction of sp³-hybridized carbons (Fsp3) is 0.167. The highest BCUT2D eigenvalue weighted by Gasteiger charge is 2.21. The third kappa shape index (κ3) is 4.96. The minimum absolute atomic E-state index is 0.00883. The first-order valence-electron chi connectivity index (χ1n) is 7.36. The van der Waals surface area contributed by atoms with E-state index in [4.69, 9.17) is 4.74 Å². The molecule has 0 aliphatic rings. The summed E-state index contributed by atoms with van der Waals surface area (Å²) in [6.45, 7) is 2.85. The quantitative estimate of drug-likeness (QED) is 0.600. The number of nitrogens with one attached hydrogen (secondary N) is 1. The molecule has 130 valence electrons. The van der Waals surface area contributed by atoms with E-state index in [0.29, 0.717) is 15.7 Å². The van der Waals surface area contributed by atoms with E-state index in [1.54, 1.807) is 24.3 Å². The Labute approximate surface area is 152 Å². The van der Waals surface area contributed by atoms with Crippen LogP contribution in [0.1, 0.15) is 34.6 Å². The van der Waals surface area contributed by atoms with Crippen LogP contribution in [0.15, 0.2) is 46.9 Å². The molecule has 2 rings (SSSR count). The van der Waals surface area contributed by atoms with Crippen LogP contribution < -0.4 is 5.32 Å². The molecule has 2 aromatic rings. The van der Waals surface area contributed by atoms with Gasteiger partial charge in [-0.25, -0.2) is 9.18 Å². The van der Waals surface area contributed by atoms with Gasteiger partial charge in [0.25, 0.3) is 5.91 Å². The van der Waals surface area contributed by atoms with E-state index in [1.165, 1.54) is 26.0 Å². The number of ketones is 1. The highest BCUT2D eigenvalue weighted by molar-refractivity contribution is 9.10. The van der Waals surface area contributed by atoms with Gasteiger partial charge < -0.3 is 10.1 Å². The Morgan fingerprint density at radius 1 is 1.12 bits per heavy atom. The highest BCUT2D eigenvalue weighted by Crippen LogP contribution is 2.19. The molecule has 7 heteroatoms. The zero-order chi connectivity index (χ0) is 18.6. The average molecular weight is 408 g/mol. The fourth-order valence-corrected chi connectivity index (χ4v) is 2.37. The van der Waals surface area contributed by atoms with E-state index in [2.05, 4.69) is 21.2 Å². The summed E-state index contributed by atoms with van der Waals surface area (Å²) < 4.78 is 18.7. The van der Waals surface area contributed by atoms with Gasteiger partial charge in [0.05, 0.1) is 5.56 Å². The number of amides is 1. The number of ether oxygens (including phenoxy) is 1. The lowest BCUT2D eigenvalue weighted by Gasteiger charge is -2.14. The number of rotatable bonds is 5. The summed E-state index contributed by atoms with van der Waals surface area (Å²) in [7, 11) is 0. The number of carbonyl (C=O) groups is 3. The van der Waals surface area contributed by atoms with Gasteiger partial charge in [-0.15, -0.1) is 0 Å². The van der Waals surface area contributed by atoms with E-state index < -0.39 is 23.8 Å². The van der Waals surface area contributed by atoms with Crippen molar-refractivity contribution in [2.75, 3.05) is 5.32 Å². The van der Waals surface area contributed by atoms with Crippen molar-refractivity contribution < 1.29 is 23.5 Å². The summed E-state index contributed by atoms with van der Waals surface area (Å²) in [6.07, 6.45) is -1.09. The lowest BCUT2D eigenvalue weighted by Crippen LogP contribution is -2.30. The maximum absolute atomic E-state index is 13.2. The minimum atomic E-state index is -1.09. The maximum atomic E-state index is 13.2. The van der Waals surface area contributed by atoms with E-state index >= 15 is 0 Å². The molecule has 25 heavy (non-hydrogen) atoms. The Balaban J connectivity index is 2.01. The molecule has 0 aromatic heterocycles. The summed E-state index contributed by atoms with van der Waals surface area (Å²) in [5.41, 5.74) is 0.976. The van der Waals surface area contributed by atoms with Gasteiger partial charge in [-0.3, -0.25) is 9.59 Å². The molecule has 0 aliphatic heterocycles. The topological polar surface area (TPSA) is 72.5 Å². The lowest BCUT2D eigenvalue weighted by atomic mass is 10.1. The molecule has 0 spiro atoms. The highest BCUT2D eigenvalue weighted by atomic mass is 79.9. The molecule has 0 aliphatic carbocycles. The molecule has 0 heterocycles. The molecule has 1 amide bonds. The van der Waals surface area contributed by atoms with Crippen molar-refractivity contribution in [1.29, 1.82) is 0 Å². The third-order valence-corrected chi connectivity index (χ3v) is 4.05. The standard InChI is InChI=1S/C18H15BrFNO4/c1-10(22)12-3-6-14(7-4-12)21-17(23)11(2)25-18(24)15-9-13(20)5-8-16(15)19/h3-9,11H,1-2H3,(H,21,23)/t11-/m1/s1. The molecular weight excluding hydrogens is 393 g/mol. The van der Waals surface area contributed by atoms with Crippen LogP contribution in [0.3, 0.4) is 0 Å². The summed E-state index contributed by atoms with van der Waals surface area (Å²) >= 11 is 3.13. The van der Waals surface area contributed by atoms with Gasteiger partial charge in [-0.1, -0.05) is 0 Å². The molecule has 1 N–H and O–H groups in total. The van der Waals surface area contributed by atoms with Gasteiger partial charge >= 0.3 is 5.97 Å². The second-order valence-electron chi connectivity index (χ2n) is 5.29. The van der Waals surface area contributed by atoms with Crippen molar-refractivity contribution in [1.82, 2.24) is 0 Å². The van der Waals surface area contributed by atoms with Crippen LogP contribution in [-0.2, 0) is 9.53 Å². The normalized spacial score (nSPS) is 11.5. The number of hydrogen-bond acceptors (Lipinski definition) is 4.